The van der Waals surface area contributed by atoms with Crippen LogP contribution in [0.1, 0.15) is 47.9 Å². The molecular formula is C13H17N3OS. The number of rotatable bonds is 2. The molecule has 18 heavy (non-hydrogen) atoms. The zero-order valence-corrected chi connectivity index (χ0v) is 11.5. The van der Waals surface area contributed by atoms with E-state index < -0.39 is 0 Å². The molecule has 96 valence electrons. The Balaban J connectivity index is 1.97. The van der Waals surface area contributed by atoms with E-state index in [4.69, 9.17) is 10.3 Å². The van der Waals surface area contributed by atoms with E-state index in [0.717, 1.165) is 22.0 Å². The second kappa shape index (κ2) is 4.39. The van der Waals surface area contributed by atoms with Gasteiger partial charge in [0.05, 0.1) is 10.6 Å². The van der Waals surface area contributed by atoms with Gasteiger partial charge < -0.3 is 10.3 Å². The van der Waals surface area contributed by atoms with Gasteiger partial charge in [0, 0.05) is 10.8 Å². The van der Waals surface area contributed by atoms with Gasteiger partial charge in [0.15, 0.2) is 5.82 Å². The van der Waals surface area contributed by atoms with Crippen LogP contribution >= 0.6 is 11.3 Å². The average Bonchev–Trinajstić information content (AvgIpc) is 3.01. The van der Waals surface area contributed by atoms with Crippen LogP contribution in [0.4, 0.5) is 5.00 Å². The Labute approximate surface area is 110 Å². The molecule has 0 radical (unpaired) electrons. The second-order valence-corrected chi connectivity index (χ2v) is 6.22. The number of thiophene rings is 1. The summed E-state index contributed by atoms with van der Waals surface area (Å²) in [4.78, 5) is 5.76. The van der Waals surface area contributed by atoms with Crippen molar-refractivity contribution in [3.63, 3.8) is 0 Å². The fraction of sp³-hybridized carbons (Fsp3) is 0.538. The van der Waals surface area contributed by atoms with Crippen molar-refractivity contribution in [2.75, 3.05) is 5.73 Å². The normalized spacial score (nSPS) is 16.6. The van der Waals surface area contributed by atoms with Crippen LogP contribution in [-0.2, 0) is 0 Å². The lowest BCUT2D eigenvalue weighted by atomic mass is 10.1. The molecule has 0 bridgehead atoms. The van der Waals surface area contributed by atoms with E-state index in [9.17, 15) is 0 Å². The van der Waals surface area contributed by atoms with Crippen LogP contribution in [0.2, 0.25) is 0 Å². The fourth-order valence-electron chi connectivity index (χ4n) is 2.61. The first kappa shape index (κ1) is 11.7. The van der Waals surface area contributed by atoms with Gasteiger partial charge in [-0.2, -0.15) is 4.98 Å². The first-order valence-corrected chi connectivity index (χ1v) is 7.18. The Morgan fingerprint density at radius 2 is 2.00 bits per heavy atom. The predicted molar refractivity (Wildman–Crippen MR) is 72.7 cm³/mol. The van der Waals surface area contributed by atoms with Crippen LogP contribution in [0, 0.1) is 13.8 Å². The molecular weight excluding hydrogens is 246 g/mol. The molecule has 0 unspecified atom stereocenters. The summed E-state index contributed by atoms with van der Waals surface area (Å²) in [7, 11) is 0. The first-order chi connectivity index (χ1) is 8.66. The molecule has 0 aromatic carbocycles. The maximum Gasteiger partial charge on any atom is 0.261 e. The monoisotopic (exact) mass is 263 g/mol. The van der Waals surface area contributed by atoms with Gasteiger partial charge in [-0.3, -0.25) is 0 Å². The maximum atomic E-state index is 6.03. The SMILES string of the molecule is Cc1sc(N)c(-c2nc(C3CCCC3)no2)c1C. The molecule has 1 saturated carbocycles. The van der Waals surface area contributed by atoms with Gasteiger partial charge in [0.2, 0.25) is 0 Å². The minimum absolute atomic E-state index is 0.476. The molecule has 0 saturated heterocycles. The fourth-order valence-corrected chi connectivity index (χ4v) is 3.53. The van der Waals surface area contributed by atoms with Crippen molar-refractivity contribution < 1.29 is 4.52 Å². The standard InChI is InChI=1S/C13H17N3OS/c1-7-8(2)18-11(14)10(7)13-15-12(16-17-13)9-5-3-4-6-9/h9H,3-6,14H2,1-2H3. The van der Waals surface area contributed by atoms with Crippen molar-refractivity contribution in [2.24, 2.45) is 0 Å². The van der Waals surface area contributed by atoms with Crippen LogP contribution in [0.25, 0.3) is 11.5 Å². The molecule has 1 aliphatic rings. The van der Waals surface area contributed by atoms with Gasteiger partial charge in [0.1, 0.15) is 0 Å². The summed E-state index contributed by atoms with van der Waals surface area (Å²) in [6.45, 7) is 4.12. The van der Waals surface area contributed by atoms with E-state index >= 15 is 0 Å². The number of nitrogens with two attached hydrogens (primary N) is 1. The van der Waals surface area contributed by atoms with Crippen molar-refractivity contribution >= 4 is 16.3 Å². The van der Waals surface area contributed by atoms with E-state index in [1.54, 1.807) is 11.3 Å². The lowest BCUT2D eigenvalue weighted by molar-refractivity contribution is 0.416. The van der Waals surface area contributed by atoms with Gasteiger partial charge >= 0.3 is 0 Å². The number of hydrogen-bond acceptors (Lipinski definition) is 5. The average molecular weight is 263 g/mol. The molecule has 1 aliphatic carbocycles. The van der Waals surface area contributed by atoms with Crippen molar-refractivity contribution in [1.82, 2.24) is 10.1 Å². The molecule has 0 atom stereocenters. The highest BCUT2D eigenvalue weighted by Gasteiger charge is 2.24. The first-order valence-electron chi connectivity index (χ1n) is 6.36. The van der Waals surface area contributed by atoms with E-state index in [1.807, 2.05) is 0 Å². The van der Waals surface area contributed by atoms with Gasteiger partial charge in [-0.05, 0) is 32.3 Å². The highest BCUT2D eigenvalue weighted by atomic mass is 32.1. The molecule has 2 N–H and O–H groups in total. The van der Waals surface area contributed by atoms with E-state index in [1.165, 1.54) is 30.6 Å². The number of anilines is 1. The summed E-state index contributed by atoms with van der Waals surface area (Å²) in [5, 5.41) is 4.90. The molecule has 5 heteroatoms. The molecule has 0 spiro atoms. The highest BCUT2D eigenvalue weighted by molar-refractivity contribution is 7.16. The molecule has 0 aliphatic heterocycles. The summed E-state index contributed by atoms with van der Waals surface area (Å²) in [6, 6.07) is 0. The molecule has 1 fully saturated rings. The lowest BCUT2D eigenvalue weighted by Gasteiger charge is -1.99. The van der Waals surface area contributed by atoms with Crippen LogP contribution in [0.5, 0.6) is 0 Å². The smallest absolute Gasteiger partial charge is 0.261 e. The highest BCUT2D eigenvalue weighted by Crippen LogP contribution is 2.39. The number of nitrogens with zero attached hydrogens (tertiary/aromatic N) is 2. The largest absolute Gasteiger partial charge is 0.390 e. The third-order valence-electron chi connectivity index (χ3n) is 3.79. The Hall–Kier alpha value is -1.36. The van der Waals surface area contributed by atoms with Gasteiger partial charge in [-0.25, -0.2) is 0 Å². The maximum absolute atomic E-state index is 6.03. The Morgan fingerprint density at radius 3 is 2.61 bits per heavy atom. The molecule has 2 aromatic heterocycles. The van der Waals surface area contributed by atoms with E-state index in [2.05, 4.69) is 24.0 Å². The predicted octanol–water partition coefficient (Wildman–Crippen LogP) is 3.65. The molecule has 2 aromatic rings. The summed E-state index contributed by atoms with van der Waals surface area (Å²) in [5.74, 6) is 1.91. The molecule has 3 rings (SSSR count). The Bertz CT molecular complexity index is 567. The third kappa shape index (κ3) is 1.82. The summed E-state index contributed by atoms with van der Waals surface area (Å²) in [5.41, 5.74) is 8.10. The second-order valence-electron chi connectivity index (χ2n) is 4.96. The van der Waals surface area contributed by atoms with Crippen molar-refractivity contribution in [3.8, 4) is 11.5 Å². The number of aromatic nitrogens is 2. The van der Waals surface area contributed by atoms with Gasteiger partial charge in [-0.1, -0.05) is 18.0 Å². The molecule has 2 heterocycles. The van der Waals surface area contributed by atoms with Crippen LogP contribution in [-0.4, -0.2) is 10.1 Å². The molecule has 0 amide bonds. The topological polar surface area (TPSA) is 64.9 Å². The quantitative estimate of drug-likeness (QED) is 0.898. The number of aryl methyl sites for hydroxylation is 1. The van der Waals surface area contributed by atoms with Crippen molar-refractivity contribution in [3.05, 3.63) is 16.3 Å². The summed E-state index contributed by atoms with van der Waals surface area (Å²) < 4.78 is 5.40. The lowest BCUT2D eigenvalue weighted by Crippen LogP contribution is -1.94. The van der Waals surface area contributed by atoms with Crippen molar-refractivity contribution in [2.45, 2.75) is 45.4 Å². The van der Waals surface area contributed by atoms with Crippen LogP contribution in [0.15, 0.2) is 4.52 Å². The van der Waals surface area contributed by atoms with E-state index in [0.29, 0.717) is 11.8 Å². The number of nitrogen functional groups attached to an aromatic ring is 1. The minimum atomic E-state index is 0.476. The van der Waals surface area contributed by atoms with Crippen molar-refractivity contribution in [1.29, 1.82) is 0 Å². The van der Waals surface area contributed by atoms with Gasteiger partial charge in [-0.15, -0.1) is 11.3 Å². The molecule has 4 nitrogen and oxygen atoms in total. The third-order valence-corrected chi connectivity index (χ3v) is 4.82. The van der Waals surface area contributed by atoms with E-state index in [-0.39, 0.29) is 0 Å². The Kier molecular flexibility index (Phi) is 2.86. The van der Waals surface area contributed by atoms with Crippen LogP contribution in [0.3, 0.4) is 0 Å². The zero-order valence-electron chi connectivity index (χ0n) is 10.7. The zero-order chi connectivity index (χ0) is 12.7. The van der Waals surface area contributed by atoms with Gasteiger partial charge in [0.25, 0.3) is 5.89 Å². The Morgan fingerprint density at radius 1 is 1.28 bits per heavy atom. The number of hydrogen-bond donors (Lipinski definition) is 1. The summed E-state index contributed by atoms with van der Waals surface area (Å²) >= 11 is 1.58. The van der Waals surface area contributed by atoms with Crippen LogP contribution < -0.4 is 5.73 Å². The summed E-state index contributed by atoms with van der Waals surface area (Å²) in [6.07, 6.45) is 4.90. The minimum Gasteiger partial charge on any atom is -0.390 e.